The van der Waals surface area contributed by atoms with E-state index in [1.807, 2.05) is 25.1 Å². The summed E-state index contributed by atoms with van der Waals surface area (Å²) in [6, 6.07) is 10.7. The van der Waals surface area contributed by atoms with Crippen molar-refractivity contribution in [1.29, 1.82) is 0 Å². The van der Waals surface area contributed by atoms with Crippen molar-refractivity contribution in [3.05, 3.63) is 36.4 Å². The molecule has 0 spiro atoms. The van der Waals surface area contributed by atoms with Crippen molar-refractivity contribution in [2.45, 2.75) is 6.92 Å². The normalized spacial score (nSPS) is 10.0. The largest absolute Gasteiger partial charge is 0.490 e. The number of nitrogens with zero attached hydrogens (tertiary/aromatic N) is 1. The number of para-hydroxylation sites is 2. The van der Waals surface area contributed by atoms with Crippen LogP contribution in [0.1, 0.15) is 6.92 Å². The van der Waals surface area contributed by atoms with Crippen molar-refractivity contribution in [2.24, 2.45) is 0 Å². The van der Waals surface area contributed by atoms with Crippen LogP contribution in [-0.4, -0.2) is 18.7 Å². The van der Waals surface area contributed by atoms with E-state index in [9.17, 15) is 0 Å². The summed E-state index contributed by atoms with van der Waals surface area (Å²) in [6.45, 7) is 2.47. The minimum Gasteiger partial charge on any atom is -0.490 e. The van der Waals surface area contributed by atoms with E-state index >= 15 is 0 Å². The van der Waals surface area contributed by atoms with Gasteiger partial charge in [0.05, 0.1) is 19.4 Å². The highest BCUT2D eigenvalue weighted by Crippen LogP contribution is 2.33. The van der Waals surface area contributed by atoms with Crippen LogP contribution in [0.25, 0.3) is 0 Å². The van der Waals surface area contributed by atoms with Crippen LogP contribution in [0.4, 0.5) is 5.69 Å². The number of benzene rings is 1. The fourth-order valence-electron chi connectivity index (χ4n) is 1.54. The molecule has 2 rings (SSSR count). The molecule has 2 aromatic rings. The number of ether oxygens (including phenoxy) is 3. The Morgan fingerprint density at radius 1 is 1.11 bits per heavy atom. The third-order valence-electron chi connectivity index (χ3n) is 2.43. The zero-order chi connectivity index (χ0) is 13.7. The first-order valence-electron chi connectivity index (χ1n) is 5.94. The van der Waals surface area contributed by atoms with Gasteiger partial charge in [0.1, 0.15) is 0 Å². The van der Waals surface area contributed by atoms with E-state index in [2.05, 4.69) is 4.98 Å². The average molecular weight is 260 g/mol. The minimum absolute atomic E-state index is 0.298. The van der Waals surface area contributed by atoms with Gasteiger partial charge >= 0.3 is 0 Å². The van der Waals surface area contributed by atoms with Crippen molar-refractivity contribution >= 4 is 5.69 Å². The van der Waals surface area contributed by atoms with Gasteiger partial charge in [-0.05, 0) is 25.1 Å². The molecular formula is C14H16N2O3. The zero-order valence-electron chi connectivity index (χ0n) is 10.9. The second-order valence-corrected chi connectivity index (χ2v) is 3.73. The van der Waals surface area contributed by atoms with Crippen molar-refractivity contribution in [3.8, 4) is 23.3 Å². The van der Waals surface area contributed by atoms with Crippen LogP contribution in [0, 0.1) is 0 Å². The highest BCUT2D eigenvalue weighted by atomic mass is 16.5. The van der Waals surface area contributed by atoms with E-state index in [-0.39, 0.29) is 0 Å². The highest BCUT2D eigenvalue weighted by Gasteiger charge is 2.10. The summed E-state index contributed by atoms with van der Waals surface area (Å²) < 4.78 is 16.2. The Labute approximate surface area is 111 Å². The molecule has 0 aliphatic heterocycles. The predicted molar refractivity (Wildman–Crippen MR) is 72.9 cm³/mol. The zero-order valence-corrected chi connectivity index (χ0v) is 10.9. The standard InChI is InChI=1S/C14H16N2O3/c1-3-18-11-6-4-5-7-12(11)19-14-10(15)8-9-13(16-14)17-2/h4-9H,3,15H2,1-2H3. The number of pyridine rings is 1. The first-order chi connectivity index (χ1) is 9.24. The van der Waals surface area contributed by atoms with Crippen LogP contribution in [-0.2, 0) is 0 Å². The lowest BCUT2D eigenvalue weighted by Gasteiger charge is -2.12. The molecule has 5 heteroatoms. The highest BCUT2D eigenvalue weighted by molar-refractivity contribution is 5.52. The van der Waals surface area contributed by atoms with Gasteiger partial charge in [-0.1, -0.05) is 12.1 Å². The summed E-state index contributed by atoms with van der Waals surface area (Å²) >= 11 is 0. The van der Waals surface area contributed by atoms with E-state index in [0.717, 1.165) is 0 Å². The molecule has 100 valence electrons. The van der Waals surface area contributed by atoms with E-state index < -0.39 is 0 Å². The fourth-order valence-corrected chi connectivity index (χ4v) is 1.54. The van der Waals surface area contributed by atoms with Gasteiger partial charge in [-0.25, -0.2) is 0 Å². The Morgan fingerprint density at radius 2 is 1.84 bits per heavy atom. The molecule has 0 fully saturated rings. The fraction of sp³-hybridized carbons (Fsp3) is 0.214. The van der Waals surface area contributed by atoms with Crippen molar-refractivity contribution < 1.29 is 14.2 Å². The molecule has 19 heavy (non-hydrogen) atoms. The van der Waals surface area contributed by atoms with Crippen LogP contribution in [0.2, 0.25) is 0 Å². The summed E-state index contributed by atoms with van der Waals surface area (Å²) in [6.07, 6.45) is 0. The van der Waals surface area contributed by atoms with Crippen LogP contribution < -0.4 is 19.9 Å². The molecule has 0 aliphatic carbocycles. The van der Waals surface area contributed by atoms with Crippen LogP contribution in [0.3, 0.4) is 0 Å². The smallest absolute Gasteiger partial charge is 0.246 e. The lowest BCUT2D eigenvalue weighted by atomic mass is 10.3. The van der Waals surface area contributed by atoms with Gasteiger partial charge in [0.25, 0.3) is 0 Å². The van der Waals surface area contributed by atoms with Crippen molar-refractivity contribution in [1.82, 2.24) is 4.98 Å². The van der Waals surface area contributed by atoms with E-state index in [1.165, 1.54) is 7.11 Å². The molecule has 1 aromatic carbocycles. The van der Waals surface area contributed by atoms with Crippen LogP contribution in [0.15, 0.2) is 36.4 Å². The molecule has 0 unspecified atom stereocenters. The van der Waals surface area contributed by atoms with Gasteiger partial charge in [-0.3, -0.25) is 0 Å². The predicted octanol–water partition coefficient (Wildman–Crippen LogP) is 2.86. The van der Waals surface area contributed by atoms with Crippen LogP contribution in [0.5, 0.6) is 23.3 Å². The number of nitrogens with two attached hydrogens (primary N) is 1. The molecule has 0 amide bonds. The summed E-state index contributed by atoms with van der Waals surface area (Å²) in [4.78, 5) is 4.16. The average Bonchev–Trinajstić information content (AvgIpc) is 2.43. The second kappa shape index (κ2) is 5.95. The molecule has 2 N–H and O–H groups in total. The third-order valence-corrected chi connectivity index (χ3v) is 2.43. The number of anilines is 1. The number of methoxy groups -OCH3 is 1. The quantitative estimate of drug-likeness (QED) is 0.895. The Bertz CT molecular complexity index is 558. The molecular weight excluding hydrogens is 244 g/mol. The summed E-state index contributed by atoms with van der Waals surface area (Å²) in [5, 5.41) is 0. The van der Waals surface area contributed by atoms with Crippen LogP contribution >= 0.6 is 0 Å². The summed E-state index contributed by atoms with van der Waals surface area (Å²) in [7, 11) is 1.54. The van der Waals surface area contributed by atoms with Gasteiger partial charge in [0.15, 0.2) is 11.5 Å². The molecule has 0 saturated heterocycles. The van der Waals surface area contributed by atoms with Gasteiger partial charge in [0, 0.05) is 6.07 Å². The van der Waals surface area contributed by atoms with E-state index in [1.54, 1.807) is 18.2 Å². The third kappa shape index (κ3) is 3.07. The summed E-state index contributed by atoms with van der Waals surface area (Å²) in [5.41, 5.74) is 6.27. The Morgan fingerprint density at radius 3 is 2.53 bits per heavy atom. The summed E-state index contributed by atoms with van der Waals surface area (Å²) in [5.74, 6) is 1.95. The molecule has 1 aromatic heterocycles. The lowest BCUT2D eigenvalue weighted by molar-refractivity contribution is 0.318. The number of aromatic nitrogens is 1. The number of hydrogen-bond acceptors (Lipinski definition) is 5. The molecule has 0 radical (unpaired) electrons. The molecule has 1 heterocycles. The maximum Gasteiger partial charge on any atom is 0.246 e. The van der Waals surface area contributed by atoms with Gasteiger partial charge in [0.2, 0.25) is 11.8 Å². The molecule has 0 atom stereocenters. The number of rotatable bonds is 5. The molecule has 0 saturated carbocycles. The lowest BCUT2D eigenvalue weighted by Crippen LogP contribution is -1.99. The maximum atomic E-state index is 5.83. The topological polar surface area (TPSA) is 66.6 Å². The SMILES string of the molecule is CCOc1ccccc1Oc1nc(OC)ccc1N. The van der Waals surface area contributed by atoms with Crippen molar-refractivity contribution in [3.63, 3.8) is 0 Å². The first kappa shape index (κ1) is 13.0. The Hall–Kier alpha value is -2.43. The molecule has 0 bridgehead atoms. The van der Waals surface area contributed by atoms with Gasteiger partial charge < -0.3 is 19.9 Å². The van der Waals surface area contributed by atoms with E-state index in [0.29, 0.717) is 35.6 Å². The number of nitrogen functional groups attached to an aromatic ring is 1. The maximum absolute atomic E-state index is 5.83. The Balaban J connectivity index is 2.30. The first-order valence-corrected chi connectivity index (χ1v) is 5.94. The minimum atomic E-state index is 0.298. The molecule has 0 aliphatic rings. The second-order valence-electron chi connectivity index (χ2n) is 3.73. The van der Waals surface area contributed by atoms with E-state index in [4.69, 9.17) is 19.9 Å². The van der Waals surface area contributed by atoms with Gasteiger partial charge in [-0.15, -0.1) is 0 Å². The van der Waals surface area contributed by atoms with Gasteiger partial charge in [-0.2, -0.15) is 4.98 Å². The Kier molecular flexibility index (Phi) is 4.07. The monoisotopic (exact) mass is 260 g/mol. The van der Waals surface area contributed by atoms with Crippen molar-refractivity contribution in [2.75, 3.05) is 19.5 Å². The number of hydrogen-bond donors (Lipinski definition) is 1. The molecule has 5 nitrogen and oxygen atoms in total.